The third kappa shape index (κ3) is 3.87. The zero-order chi connectivity index (χ0) is 15.2. The molecule has 6 nitrogen and oxygen atoms in total. The lowest BCUT2D eigenvalue weighted by molar-refractivity contribution is -0.152. The molecule has 1 aliphatic rings. The molecule has 1 saturated heterocycles. The number of benzene rings is 1. The smallest absolute Gasteiger partial charge is 0.326 e. The fraction of sp³-hybridized carbons (Fsp3) is 0.467. The van der Waals surface area contributed by atoms with Gasteiger partial charge in [-0.25, -0.2) is 4.79 Å². The summed E-state index contributed by atoms with van der Waals surface area (Å²) in [5, 5.41) is 9.16. The maximum Gasteiger partial charge on any atom is 0.326 e. The molecule has 0 radical (unpaired) electrons. The van der Waals surface area contributed by atoms with Crippen LogP contribution in [0.15, 0.2) is 24.3 Å². The molecule has 1 N–H and O–H groups in total. The van der Waals surface area contributed by atoms with Gasteiger partial charge in [0.2, 0.25) is 0 Å². The second-order valence-corrected chi connectivity index (χ2v) is 4.90. The van der Waals surface area contributed by atoms with Crippen LogP contribution < -0.4 is 9.47 Å². The summed E-state index contributed by atoms with van der Waals surface area (Å²) in [6, 6.07) is 6.21. The number of ether oxygens (including phenoxy) is 2. The van der Waals surface area contributed by atoms with Crippen molar-refractivity contribution < 1.29 is 24.2 Å². The third-order valence-electron chi connectivity index (χ3n) is 3.51. The van der Waals surface area contributed by atoms with E-state index in [0.29, 0.717) is 24.5 Å². The lowest BCUT2D eigenvalue weighted by Crippen LogP contribution is -2.49. The van der Waals surface area contributed by atoms with Crippen LogP contribution in [0.5, 0.6) is 11.5 Å². The predicted octanol–water partition coefficient (Wildman–Crippen LogP) is 1.54. The SMILES string of the molecule is COc1cccc(OCC(=O)N2CCCC[C@@H]2C(=O)O)c1. The monoisotopic (exact) mass is 293 g/mol. The average molecular weight is 293 g/mol. The second-order valence-electron chi connectivity index (χ2n) is 4.90. The minimum absolute atomic E-state index is 0.170. The number of carboxylic acids is 1. The minimum atomic E-state index is -0.954. The van der Waals surface area contributed by atoms with Crippen molar-refractivity contribution >= 4 is 11.9 Å². The molecule has 1 heterocycles. The highest BCUT2D eigenvalue weighted by atomic mass is 16.5. The summed E-state index contributed by atoms with van der Waals surface area (Å²) in [6.45, 7) is 0.300. The molecular formula is C15H19NO5. The maximum absolute atomic E-state index is 12.1. The van der Waals surface area contributed by atoms with E-state index in [0.717, 1.165) is 12.8 Å². The van der Waals surface area contributed by atoms with E-state index in [1.807, 2.05) is 0 Å². The lowest BCUT2D eigenvalue weighted by Gasteiger charge is -2.32. The molecule has 1 aliphatic heterocycles. The van der Waals surface area contributed by atoms with Crippen molar-refractivity contribution in [3.8, 4) is 11.5 Å². The first kappa shape index (κ1) is 15.2. The van der Waals surface area contributed by atoms with Gasteiger partial charge in [-0.2, -0.15) is 0 Å². The van der Waals surface area contributed by atoms with Crippen molar-refractivity contribution in [3.63, 3.8) is 0 Å². The molecule has 1 aromatic carbocycles. The van der Waals surface area contributed by atoms with E-state index in [1.165, 1.54) is 4.90 Å². The van der Waals surface area contributed by atoms with Crippen LogP contribution in [0.2, 0.25) is 0 Å². The molecule has 0 spiro atoms. The van der Waals surface area contributed by atoms with Gasteiger partial charge in [-0.15, -0.1) is 0 Å². The number of carbonyl (C=O) groups excluding carboxylic acids is 1. The van der Waals surface area contributed by atoms with Gasteiger partial charge >= 0.3 is 5.97 Å². The van der Waals surface area contributed by atoms with E-state index in [1.54, 1.807) is 31.4 Å². The summed E-state index contributed by atoms with van der Waals surface area (Å²) < 4.78 is 10.5. The van der Waals surface area contributed by atoms with E-state index in [9.17, 15) is 9.59 Å². The Morgan fingerprint density at radius 3 is 2.81 bits per heavy atom. The molecule has 0 unspecified atom stereocenters. The number of piperidine rings is 1. The Hall–Kier alpha value is -2.24. The number of nitrogens with zero attached hydrogens (tertiary/aromatic N) is 1. The largest absolute Gasteiger partial charge is 0.497 e. The van der Waals surface area contributed by atoms with Crippen LogP contribution in [0.25, 0.3) is 0 Å². The summed E-state index contributed by atoms with van der Waals surface area (Å²) >= 11 is 0. The van der Waals surface area contributed by atoms with Gasteiger partial charge in [0.15, 0.2) is 6.61 Å². The molecule has 114 valence electrons. The summed E-state index contributed by atoms with van der Waals surface area (Å²) in [4.78, 5) is 24.7. The normalized spacial score (nSPS) is 18.1. The van der Waals surface area contributed by atoms with E-state index >= 15 is 0 Å². The van der Waals surface area contributed by atoms with E-state index in [2.05, 4.69) is 0 Å². The Labute approximate surface area is 123 Å². The first-order valence-electron chi connectivity index (χ1n) is 6.91. The molecule has 21 heavy (non-hydrogen) atoms. The first-order valence-corrected chi connectivity index (χ1v) is 6.91. The predicted molar refractivity (Wildman–Crippen MR) is 75.5 cm³/mol. The highest BCUT2D eigenvalue weighted by Crippen LogP contribution is 2.20. The fourth-order valence-electron chi connectivity index (χ4n) is 2.41. The fourth-order valence-corrected chi connectivity index (χ4v) is 2.41. The summed E-state index contributed by atoms with van der Waals surface area (Å²) in [7, 11) is 1.55. The Bertz CT molecular complexity index is 517. The van der Waals surface area contributed by atoms with Gasteiger partial charge in [-0.05, 0) is 31.4 Å². The minimum Gasteiger partial charge on any atom is -0.497 e. The second kappa shape index (κ2) is 6.97. The van der Waals surface area contributed by atoms with E-state index in [4.69, 9.17) is 14.6 Å². The molecular weight excluding hydrogens is 274 g/mol. The standard InChI is InChI=1S/C15H19NO5/c1-20-11-5-4-6-12(9-11)21-10-14(17)16-8-3-2-7-13(16)15(18)19/h4-6,9,13H,2-3,7-8,10H2,1H3,(H,18,19)/t13-/m1/s1. The number of carboxylic acid groups (broad SMARTS) is 1. The van der Waals surface area contributed by atoms with Crippen LogP contribution in [-0.2, 0) is 9.59 Å². The van der Waals surface area contributed by atoms with Crippen molar-refractivity contribution in [2.75, 3.05) is 20.3 Å². The van der Waals surface area contributed by atoms with Crippen LogP contribution in [0.3, 0.4) is 0 Å². The topological polar surface area (TPSA) is 76.1 Å². The average Bonchev–Trinajstić information content (AvgIpc) is 2.52. The molecule has 1 atom stereocenters. The van der Waals surface area contributed by atoms with Crippen molar-refractivity contribution in [3.05, 3.63) is 24.3 Å². The highest BCUT2D eigenvalue weighted by Gasteiger charge is 2.31. The Morgan fingerprint density at radius 1 is 1.33 bits per heavy atom. The van der Waals surface area contributed by atoms with Gasteiger partial charge in [-0.1, -0.05) is 6.07 Å². The summed E-state index contributed by atoms with van der Waals surface area (Å²) in [6.07, 6.45) is 2.16. The number of methoxy groups -OCH3 is 1. The van der Waals surface area contributed by atoms with E-state index < -0.39 is 12.0 Å². The Kier molecular flexibility index (Phi) is 5.03. The quantitative estimate of drug-likeness (QED) is 0.891. The highest BCUT2D eigenvalue weighted by molar-refractivity contribution is 5.84. The molecule has 0 aliphatic carbocycles. The van der Waals surface area contributed by atoms with Gasteiger partial charge in [-0.3, -0.25) is 4.79 Å². The van der Waals surface area contributed by atoms with Crippen molar-refractivity contribution in [1.82, 2.24) is 4.90 Å². The number of hydrogen-bond acceptors (Lipinski definition) is 4. The lowest BCUT2D eigenvalue weighted by atomic mass is 10.0. The molecule has 1 aromatic rings. The number of aliphatic carboxylic acids is 1. The number of carbonyl (C=O) groups is 2. The van der Waals surface area contributed by atoms with Gasteiger partial charge in [0.25, 0.3) is 5.91 Å². The van der Waals surface area contributed by atoms with Crippen molar-refractivity contribution in [2.24, 2.45) is 0 Å². The third-order valence-corrected chi connectivity index (χ3v) is 3.51. The molecule has 2 rings (SSSR count). The molecule has 0 aromatic heterocycles. The number of rotatable bonds is 5. The van der Waals surface area contributed by atoms with Crippen LogP contribution in [0.4, 0.5) is 0 Å². The van der Waals surface area contributed by atoms with Crippen LogP contribution in [0, 0.1) is 0 Å². The molecule has 1 fully saturated rings. The molecule has 0 bridgehead atoms. The van der Waals surface area contributed by atoms with Gasteiger partial charge < -0.3 is 19.5 Å². The van der Waals surface area contributed by atoms with E-state index in [-0.39, 0.29) is 12.5 Å². The first-order chi connectivity index (χ1) is 10.1. The zero-order valence-corrected chi connectivity index (χ0v) is 11.9. The maximum atomic E-state index is 12.1. The molecule has 0 saturated carbocycles. The zero-order valence-electron chi connectivity index (χ0n) is 11.9. The number of hydrogen-bond donors (Lipinski definition) is 1. The van der Waals surface area contributed by atoms with Crippen LogP contribution >= 0.6 is 0 Å². The van der Waals surface area contributed by atoms with Crippen molar-refractivity contribution in [1.29, 1.82) is 0 Å². The number of amides is 1. The summed E-state index contributed by atoms with van der Waals surface area (Å²) in [5.74, 6) is -0.0951. The van der Waals surface area contributed by atoms with Crippen molar-refractivity contribution in [2.45, 2.75) is 25.3 Å². The number of likely N-dealkylation sites (tertiary alicyclic amines) is 1. The van der Waals surface area contributed by atoms with Gasteiger partial charge in [0.1, 0.15) is 17.5 Å². The van der Waals surface area contributed by atoms with Gasteiger partial charge in [0.05, 0.1) is 7.11 Å². The van der Waals surface area contributed by atoms with Gasteiger partial charge in [0, 0.05) is 12.6 Å². The summed E-state index contributed by atoms with van der Waals surface area (Å²) in [5.41, 5.74) is 0. The Balaban J connectivity index is 1.95. The molecule has 6 heteroatoms. The molecule has 1 amide bonds. The van der Waals surface area contributed by atoms with Crippen LogP contribution in [0.1, 0.15) is 19.3 Å². The van der Waals surface area contributed by atoms with Crippen LogP contribution in [-0.4, -0.2) is 48.2 Å². The Morgan fingerprint density at radius 2 is 2.10 bits per heavy atom.